The smallest absolute Gasteiger partial charge is 0.164 e. The fraction of sp³-hybridized carbons (Fsp3) is 0.316. The third-order valence-electron chi connectivity index (χ3n) is 4.72. The van der Waals surface area contributed by atoms with Gasteiger partial charge in [0.2, 0.25) is 0 Å². The van der Waals surface area contributed by atoms with E-state index in [2.05, 4.69) is 31.2 Å². The van der Waals surface area contributed by atoms with Gasteiger partial charge in [-0.1, -0.05) is 64.8 Å². The van der Waals surface area contributed by atoms with Crippen molar-refractivity contribution >= 4 is 55.7 Å². The summed E-state index contributed by atoms with van der Waals surface area (Å²) in [5, 5.41) is 1.85. The molecule has 0 amide bonds. The maximum atomic E-state index is 12.1. The highest BCUT2D eigenvalue weighted by atomic mass is 35.5. The number of halogens is 2. The van der Waals surface area contributed by atoms with Gasteiger partial charge in [-0.3, -0.25) is 4.99 Å². The Morgan fingerprint density at radius 2 is 1.78 bits per heavy atom. The van der Waals surface area contributed by atoms with Crippen molar-refractivity contribution in [3.63, 3.8) is 0 Å². The largest absolute Gasteiger partial charge is 0.315 e. The minimum absolute atomic E-state index is 0.0943. The van der Waals surface area contributed by atoms with E-state index in [1.165, 1.54) is 11.1 Å². The highest BCUT2D eigenvalue weighted by Gasteiger charge is 2.47. The molecule has 142 valence electrons. The molecule has 1 fully saturated rings. The highest BCUT2D eigenvalue weighted by Crippen LogP contribution is 2.37. The zero-order chi connectivity index (χ0) is 19.2. The van der Waals surface area contributed by atoms with Crippen molar-refractivity contribution in [3.05, 3.63) is 63.6 Å². The van der Waals surface area contributed by atoms with Gasteiger partial charge < -0.3 is 4.90 Å². The first-order valence-corrected chi connectivity index (χ1v) is 12.1. The van der Waals surface area contributed by atoms with E-state index >= 15 is 0 Å². The van der Waals surface area contributed by atoms with Gasteiger partial charge in [-0.25, -0.2) is 8.42 Å². The number of sulfone groups is 1. The molecule has 2 unspecified atom stereocenters. The van der Waals surface area contributed by atoms with E-state index in [1.807, 2.05) is 17.0 Å². The minimum atomic E-state index is -3.09. The van der Waals surface area contributed by atoms with Gasteiger partial charge in [-0.15, -0.1) is 0 Å². The third-order valence-corrected chi connectivity index (χ3v) is 7.89. The summed E-state index contributed by atoms with van der Waals surface area (Å²) < 4.78 is 24.2. The lowest BCUT2D eigenvalue weighted by atomic mass is 10.1. The van der Waals surface area contributed by atoms with Crippen LogP contribution in [0.3, 0.4) is 0 Å². The molecule has 0 aromatic heterocycles. The Hall–Kier alpha value is -1.21. The molecular formula is C19H18Cl2N2O2S2. The number of aliphatic imine (C=N–C) groups is 1. The molecule has 2 atom stereocenters. The van der Waals surface area contributed by atoms with E-state index in [-0.39, 0.29) is 23.6 Å². The van der Waals surface area contributed by atoms with Gasteiger partial charge in [0.05, 0.1) is 23.6 Å². The molecule has 0 radical (unpaired) electrons. The average molecular weight is 441 g/mol. The summed E-state index contributed by atoms with van der Waals surface area (Å²) in [6.07, 6.45) is 0. The van der Waals surface area contributed by atoms with Gasteiger partial charge in [0.15, 0.2) is 15.0 Å². The zero-order valence-electron chi connectivity index (χ0n) is 14.6. The number of anilines is 1. The normalized spacial score (nSPS) is 23.4. The number of nitrogens with zero attached hydrogens (tertiary/aromatic N) is 2. The summed E-state index contributed by atoms with van der Waals surface area (Å²) in [7, 11) is -3.09. The van der Waals surface area contributed by atoms with Crippen LogP contribution in [0.25, 0.3) is 0 Å². The Balaban J connectivity index is 1.64. The fourth-order valence-electron chi connectivity index (χ4n) is 3.45. The Labute approximate surface area is 173 Å². The van der Waals surface area contributed by atoms with Gasteiger partial charge >= 0.3 is 0 Å². The number of thioether (sulfide) groups is 1. The Morgan fingerprint density at radius 1 is 1.11 bits per heavy atom. The summed E-state index contributed by atoms with van der Waals surface area (Å²) in [6, 6.07) is 13.2. The number of benzene rings is 2. The van der Waals surface area contributed by atoms with Crippen LogP contribution in [0.2, 0.25) is 10.0 Å². The quantitative estimate of drug-likeness (QED) is 0.700. The lowest BCUT2D eigenvalue weighted by Gasteiger charge is -2.27. The van der Waals surface area contributed by atoms with Crippen molar-refractivity contribution in [2.45, 2.75) is 24.8 Å². The van der Waals surface area contributed by atoms with Crippen LogP contribution in [0.4, 0.5) is 5.69 Å². The maximum absolute atomic E-state index is 12.1. The van der Waals surface area contributed by atoms with Crippen LogP contribution in [0, 0.1) is 6.92 Å². The van der Waals surface area contributed by atoms with Gasteiger partial charge in [-0.2, -0.15) is 0 Å². The number of hydrogen-bond donors (Lipinski definition) is 0. The van der Waals surface area contributed by atoms with Crippen LogP contribution >= 0.6 is 35.0 Å². The van der Waals surface area contributed by atoms with Crippen LogP contribution in [-0.2, 0) is 15.6 Å². The van der Waals surface area contributed by atoms with E-state index in [9.17, 15) is 8.42 Å². The Kier molecular flexibility index (Phi) is 5.18. The van der Waals surface area contributed by atoms with Crippen LogP contribution in [-0.4, -0.2) is 37.2 Å². The second kappa shape index (κ2) is 7.32. The molecule has 27 heavy (non-hydrogen) atoms. The first kappa shape index (κ1) is 19.1. The number of rotatable bonds is 3. The van der Waals surface area contributed by atoms with Crippen LogP contribution in [0.15, 0.2) is 47.5 Å². The number of hydrogen-bond acceptors (Lipinski definition) is 5. The van der Waals surface area contributed by atoms with Crippen molar-refractivity contribution in [2.75, 3.05) is 16.4 Å². The summed E-state index contributed by atoms with van der Waals surface area (Å²) in [6.45, 7) is 2.06. The summed E-state index contributed by atoms with van der Waals surface area (Å²) in [4.78, 5) is 6.73. The second-order valence-electron chi connectivity index (χ2n) is 6.90. The summed E-state index contributed by atoms with van der Waals surface area (Å²) >= 11 is 14.0. The molecule has 1 saturated heterocycles. The Bertz CT molecular complexity index is 987. The molecule has 2 heterocycles. The fourth-order valence-corrected chi connectivity index (χ4v) is 6.88. The van der Waals surface area contributed by atoms with E-state index in [4.69, 9.17) is 28.2 Å². The molecule has 0 N–H and O–H groups in total. The Morgan fingerprint density at radius 3 is 2.44 bits per heavy atom. The SMILES string of the molecule is Cc1ccc(CSC2=NC3CS(=O)(=O)CC3N2c2cc(Cl)cc(Cl)c2)cc1. The van der Waals surface area contributed by atoms with Crippen LogP contribution in [0.1, 0.15) is 11.1 Å². The monoisotopic (exact) mass is 440 g/mol. The van der Waals surface area contributed by atoms with Crippen molar-refractivity contribution in [1.29, 1.82) is 0 Å². The molecule has 8 heteroatoms. The molecule has 2 aliphatic rings. The molecular weight excluding hydrogens is 423 g/mol. The number of aryl methyl sites for hydroxylation is 1. The second-order valence-corrected chi connectivity index (χ2v) is 10.9. The van der Waals surface area contributed by atoms with Crippen LogP contribution < -0.4 is 4.90 Å². The molecule has 0 saturated carbocycles. The molecule has 2 aliphatic heterocycles. The summed E-state index contributed by atoms with van der Waals surface area (Å²) in [5.41, 5.74) is 3.20. The van der Waals surface area contributed by atoms with E-state index in [0.717, 1.165) is 16.6 Å². The highest BCUT2D eigenvalue weighted by molar-refractivity contribution is 8.13. The third kappa shape index (κ3) is 4.14. The van der Waals surface area contributed by atoms with Crippen molar-refractivity contribution in [1.82, 2.24) is 0 Å². The molecule has 4 nitrogen and oxygen atoms in total. The van der Waals surface area contributed by atoms with Crippen molar-refractivity contribution in [2.24, 2.45) is 4.99 Å². The molecule has 0 bridgehead atoms. The summed E-state index contributed by atoms with van der Waals surface area (Å²) in [5.74, 6) is 0.951. The zero-order valence-corrected chi connectivity index (χ0v) is 17.7. The number of fused-ring (bicyclic) bond motifs is 1. The lowest BCUT2D eigenvalue weighted by molar-refractivity contribution is 0.601. The molecule has 4 rings (SSSR count). The lowest BCUT2D eigenvalue weighted by Crippen LogP contribution is -2.39. The first-order chi connectivity index (χ1) is 12.8. The number of amidine groups is 1. The van der Waals surface area contributed by atoms with Crippen LogP contribution in [0.5, 0.6) is 0 Å². The van der Waals surface area contributed by atoms with Gasteiger partial charge in [0.25, 0.3) is 0 Å². The predicted molar refractivity (Wildman–Crippen MR) is 115 cm³/mol. The topological polar surface area (TPSA) is 49.7 Å². The van der Waals surface area contributed by atoms with E-state index in [0.29, 0.717) is 10.0 Å². The van der Waals surface area contributed by atoms with E-state index in [1.54, 1.807) is 17.8 Å². The van der Waals surface area contributed by atoms with Gasteiger partial charge in [0, 0.05) is 21.5 Å². The molecule has 0 aliphatic carbocycles. The van der Waals surface area contributed by atoms with E-state index < -0.39 is 9.84 Å². The van der Waals surface area contributed by atoms with Gasteiger partial charge in [-0.05, 0) is 30.7 Å². The van der Waals surface area contributed by atoms with Gasteiger partial charge in [0.1, 0.15) is 0 Å². The molecule has 2 aromatic rings. The molecule has 0 spiro atoms. The predicted octanol–water partition coefficient (Wildman–Crippen LogP) is 4.58. The standard InChI is InChI=1S/C19H18Cl2N2O2S2/c1-12-2-4-13(5-3-12)9-26-19-22-17-10-27(24,25)11-18(17)23(19)16-7-14(20)6-15(21)8-16/h2-8,17-18H,9-11H2,1H3. The maximum Gasteiger partial charge on any atom is 0.164 e. The molecule has 2 aromatic carbocycles. The van der Waals surface area contributed by atoms with Crippen molar-refractivity contribution in [3.8, 4) is 0 Å². The van der Waals surface area contributed by atoms with Crippen molar-refractivity contribution < 1.29 is 8.42 Å². The average Bonchev–Trinajstić information content (AvgIpc) is 3.04. The first-order valence-electron chi connectivity index (χ1n) is 8.53. The minimum Gasteiger partial charge on any atom is -0.315 e.